The van der Waals surface area contributed by atoms with Crippen LogP contribution in [-0.2, 0) is 19.1 Å². The Bertz CT molecular complexity index is 358. The summed E-state index contributed by atoms with van der Waals surface area (Å²) in [5.74, 6) is -0.762. The third-order valence-corrected chi connectivity index (χ3v) is 3.50. The van der Waals surface area contributed by atoms with Gasteiger partial charge in [-0.05, 0) is 32.6 Å². The Hall–Kier alpha value is -1.32. The predicted octanol–water partition coefficient (Wildman–Crippen LogP) is 4.57. The molecule has 0 aromatic carbocycles. The molecule has 0 bridgehead atoms. The third kappa shape index (κ3) is 8.85. The maximum atomic E-state index is 12.2. The summed E-state index contributed by atoms with van der Waals surface area (Å²) >= 11 is 0. The van der Waals surface area contributed by atoms with Gasteiger partial charge in [-0.25, -0.2) is 9.59 Å². The summed E-state index contributed by atoms with van der Waals surface area (Å²) in [4.78, 5) is 24.2. The van der Waals surface area contributed by atoms with Gasteiger partial charge in [0.25, 0.3) is 0 Å². The number of rotatable bonds is 12. The summed E-state index contributed by atoms with van der Waals surface area (Å²) in [6.45, 7) is 8.66. The van der Waals surface area contributed by atoms with Gasteiger partial charge in [0.15, 0.2) is 0 Å². The molecule has 0 saturated heterocycles. The monoisotopic (exact) mass is 312 g/mol. The van der Waals surface area contributed by atoms with Gasteiger partial charge in [0.1, 0.15) is 0 Å². The first kappa shape index (κ1) is 20.7. The fourth-order valence-corrected chi connectivity index (χ4v) is 1.93. The molecule has 0 amide bonds. The maximum Gasteiger partial charge on any atom is 0.334 e. The van der Waals surface area contributed by atoms with E-state index in [4.69, 9.17) is 9.47 Å². The van der Waals surface area contributed by atoms with Gasteiger partial charge >= 0.3 is 11.9 Å². The lowest BCUT2D eigenvalue weighted by atomic mass is 10.0. The van der Waals surface area contributed by atoms with E-state index in [9.17, 15) is 9.59 Å². The van der Waals surface area contributed by atoms with Crippen molar-refractivity contribution in [1.29, 1.82) is 0 Å². The lowest BCUT2D eigenvalue weighted by molar-refractivity contribution is -0.142. The number of carbonyl (C=O) groups is 2. The molecule has 0 aliphatic heterocycles. The van der Waals surface area contributed by atoms with Crippen molar-refractivity contribution >= 4 is 11.9 Å². The average molecular weight is 312 g/mol. The van der Waals surface area contributed by atoms with Gasteiger partial charge in [0, 0.05) is 11.1 Å². The van der Waals surface area contributed by atoms with Crippen LogP contribution in [0.15, 0.2) is 11.1 Å². The lowest BCUT2D eigenvalue weighted by Crippen LogP contribution is -2.16. The first-order valence-electron chi connectivity index (χ1n) is 8.62. The molecular formula is C18H32O4. The van der Waals surface area contributed by atoms with Crippen molar-refractivity contribution < 1.29 is 19.1 Å². The summed E-state index contributed by atoms with van der Waals surface area (Å²) < 4.78 is 10.5. The fourth-order valence-electron chi connectivity index (χ4n) is 1.93. The Labute approximate surface area is 135 Å². The van der Waals surface area contributed by atoms with Crippen molar-refractivity contribution in [3.63, 3.8) is 0 Å². The molecule has 0 atom stereocenters. The smallest absolute Gasteiger partial charge is 0.334 e. The quantitative estimate of drug-likeness (QED) is 0.301. The van der Waals surface area contributed by atoms with Crippen LogP contribution >= 0.6 is 0 Å². The Kier molecular flexibility index (Phi) is 12.5. The van der Waals surface area contributed by atoms with Gasteiger partial charge in [-0.1, -0.05) is 46.5 Å². The Morgan fingerprint density at radius 1 is 0.727 bits per heavy atom. The van der Waals surface area contributed by atoms with Crippen LogP contribution in [0, 0.1) is 0 Å². The summed E-state index contributed by atoms with van der Waals surface area (Å²) in [6.07, 6.45) is 7.18. The molecule has 0 heterocycles. The van der Waals surface area contributed by atoms with Gasteiger partial charge in [-0.3, -0.25) is 0 Å². The summed E-state index contributed by atoms with van der Waals surface area (Å²) in [7, 11) is 0. The summed E-state index contributed by atoms with van der Waals surface area (Å²) in [6, 6.07) is 0. The minimum atomic E-state index is -0.396. The average Bonchev–Trinajstić information content (AvgIpc) is 2.51. The fraction of sp³-hybridized carbons (Fsp3) is 0.778. The number of hydrogen-bond donors (Lipinski definition) is 0. The molecule has 4 heteroatoms. The van der Waals surface area contributed by atoms with Crippen molar-refractivity contribution in [2.75, 3.05) is 13.2 Å². The van der Waals surface area contributed by atoms with E-state index in [-0.39, 0.29) is 5.97 Å². The number of unbranched alkanes of at least 4 members (excludes halogenated alkanes) is 4. The number of ether oxygens (including phenoxy) is 2. The molecule has 0 spiro atoms. The maximum absolute atomic E-state index is 12.2. The van der Waals surface area contributed by atoms with Crippen LogP contribution < -0.4 is 0 Å². The largest absolute Gasteiger partial charge is 0.462 e. The van der Waals surface area contributed by atoms with E-state index in [1.807, 2.05) is 13.8 Å². The molecule has 0 aliphatic rings. The van der Waals surface area contributed by atoms with Crippen molar-refractivity contribution in [1.82, 2.24) is 0 Å². The predicted molar refractivity (Wildman–Crippen MR) is 88.6 cm³/mol. The lowest BCUT2D eigenvalue weighted by Gasteiger charge is -2.12. The van der Waals surface area contributed by atoms with E-state index in [1.165, 1.54) is 0 Å². The Balaban J connectivity index is 4.80. The van der Waals surface area contributed by atoms with Crippen molar-refractivity contribution in [3.05, 3.63) is 11.1 Å². The Morgan fingerprint density at radius 2 is 1.23 bits per heavy atom. The molecule has 0 unspecified atom stereocenters. The van der Waals surface area contributed by atoms with E-state index in [1.54, 1.807) is 6.92 Å². The zero-order valence-corrected chi connectivity index (χ0v) is 14.7. The second kappa shape index (κ2) is 13.4. The highest BCUT2D eigenvalue weighted by atomic mass is 16.5. The molecule has 0 fully saturated rings. The molecule has 0 aromatic heterocycles. The second-order valence-electron chi connectivity index (χ2n) is 5.54. The standard InChI is InChI=1S/C18H32O4/c1-5-8-11-12-16(18(20)22-14-10-7-3)15(4)17(19)21-13-9-6-2/h5-14H2,1-4H3. The van der Waals surface area contributed by atoms with Crippen LogP contribution in [-0.4, -0.2) is 25.2 Å². The van der Waals surface area contributed by atoms with Gasteiger partial charge in [0.05, 0.1) is 13.2 Å². The summed E-state index contributed by atoms with van der Waals surface area (Å²) in [5, 5.41) is 0. The number of esters is 2. The summed E-state index contributed by atoms with van der Waals surface area (Å²) in [5.41, 5.74) is 0.875. The highest BCUT2D eigenvalue weighted by Crippen LogP contribution is 2.17. The topological polar surface area (TPSA) is 52.6 Å². The SMILES string of the molecule is CCCCCC(C(=O)OCCCC)=C(C)C(=O)OCCCC. The molecule has 0 aliphatic carbocycles. The molecule has 22 heavy (non-hydrogen) atoms. The van der Waals surface area contributed by atoms with E-state index >= 15 is 0 Å². The van der Waals surface area contributed by atoms with E-state index in [0.717, 1.165) is 44.9 Å². The third-order valence-electron chi connectivity index (χ3n) is 3.50. The van der Waals surface area contributed by atoms with Crippen LogP contribution in [0.25, 0.3) is 0 Å². The molecular weight excluding hydrogens is 280 g/mol. The van der Waals surface area contributed by atoms with Crippen LogP contribution in [0.3, 0.4) is 0 Å². The van der Waals surface area contributed by atoms with Crippen LogP contribution in [0.2, 0.25) is 0 Å². The molecule has 0 aromatic rings. The Morgan fingerprint density at radius 3 is 1.73 bits per heavy atom. The highest BCUT2D eigenvalue weighted by molar-refractivity contribution is 5.99. The first-order chi connectivity index (χ1) is 10.6. The zero-order chi connectivity index (χ0) is 16.8. The molecule has 0 rings (SSSR count). The van der Waals surface area contributed by atoms with Crippen LogP contribution in [0.4, 0.5) is 0 Å². The van der Waals surface area contributed by atoms with Crippen LogP contribution in [0.5, 0.6) is 0 Å². The molecule has 128 valence electrons. The van der Waals surface area contributed by atoms with Crippen molar-refractivity contribution in [2.24, 2.45) is 0 Å². The number of hydrogen-bond acceptors (Lipinski definition) is 4. The minimum absolute atomic E-state index is 0.366. The van der Waals surface area contributed by atoms with Gasteiger partial charge in [0.2, 0.25) is 0 Å². The molecule has 0 saturated carbocycles. The van der Waals surface area contributed by atoms with E-state index < -0.39 is 5.97 Å². The van der Waals surface area contributed by atoms with E-state index in [0.29, 0.717) is 30.8 Å². The van der Waals surface area contributed by atoms with Gasteiger partial charge in [-0.15, -0.1) is 0 Å². The van der Waals surface area contributed by atoms with Gasteiger partial charge < -0.3 is 9.47 Å². The van der Waals surface area contributed by atoms with Crippen LogP contribution in [0.1, 0.15) is 79.1 Å². The van der Waals surface area contributed by atoms with E-state index in [2.05, 4.69) is 6.92 Å². The normalized spacial score (nSPS) is 11.8. The van der Waals surface area contributed by atoms with Gasteiger partial charge in [-0.2, -0.15) is 0 Å². The molecule has 0 N–H and O–H groups in total. The molecule has 0 radical (unpaired) electrons. The van der Waals surface area contributed by atoms with Crippen molar-refractivity contribution in [3.8, 4) is 0 Å². The zero-order valence-electron chi connectivity index (χ0n) is 14.7. The minimum Gasteiger partial charge on any atom is -0.462 e. The van der Waals surface area contributed by atoms with Crippen molar-refractivity contribution in [2.45, 2.75) is 79.1 Å². The second-order valence-corrected chi connectivity index (χ2v) is 5.54. The first-order valence-corrected chi connectivity index (χ1v) is 8.62. The highest BCUT2D eigenvalue weighted by Gasteiger charge is 2.19. The number of carbonyl (C=O) groups excluding carboxylic acids is 2. The molecule has 4 nitrogen and oxygen atoms in total.